The first-order chi connectivity index (χ1) is 9.11. The average molecular weight is 264 g/mol. The predicted octanol–water partition coefficient (Wildman–Crippen LogP) is 0.464. The van der Waals surface area contributed by atoms with E-state index in [-0.39, 0.29) is 17.9 Å². The summed E-state index contributed by atoms with van der Waals surface area (Å²) in [5.74, 6) is 0.115. The lowest BCUT2D eigenvalue weighted by Crippen LogP contribution is -2.25. The first-order valence-corrected chi connectivity index (χ1v) is 5.58. The Morgan fingerprint density at radius 2 is 2.42 bits per heavy atom. The molecular weight excluding hydrogens is 252 g/mol. The predicted molar refractivity (Wildman–Crippen MR) is 64.3 cm³/mol. The summed E-state index contributed by atoms with van der Waals surface area (Å²) in [6.07, 6.45) is 2.67. The third-order valence-electron chi connectivity index (χ3n) is 2.55. The van der Waals surface area contributed by atoms with Gasteiger partial charge in [-0.2, -0.15) is 5.10 Å². The highest BCUT2D eigenvalue weighted by Gasteiger charge is 2.18. The number of nitrogens with zero attached hydrogens (tertiary/aromatic N) is 4. The van der Waals surface area contributed by atoms with Crippen molar-refractivity contribution >= 4 is 11.6 Å². The third-order valence-corrected chi connectivity index (χ3v) is 2.55. The molecule has 2 heterocycles. The fraction of sp³-hybridized carbons (Fsp3) is 0.300. The van der Waals surface area contributed by atoms with E-state index in [1.165, 1.54) is 23.2 Å². The fourth-order valence-electron chi connectivity index (χ4n) is 1.62. The largest absolute Gasteiger partial charge is 0.343 e. The number of amides is 1. The molecule has 0 radical (unpaired) electrons. The van der Waals surface area contributed by atoms with Gasteiger partial charge in [0.05, 0.1) is 17.7 Å². The van der Waals surface area contributed by atoms with Crippen LogP contribution in [0.4, 0.5) is 5.69 Å². The molecule has 0 aliphatic heterocycles. The Labute approximate surface area is 107 Å². The van der Waals surface area contributed by atoms with Crippen LogP contribution in [0.5, 0.6) is 0 Å². The Morgan fingerprint density at radius 1 is 1.63 bits per heavy atom. The topological polar surface area (TPSA) is 119 Å². The molecule has 1 amide bonds. The van der Waals surface area contributed by atoms with Crippen molar-refractivity contribution in [1.29, 1.82) is 0 Å². The zero-order valence-electron chi connectivity index (χ0n) is 10.2. The normalized spacial score (nSPS) is 10.4. The van der Waals surface area contributed by atoms with Gasteiger partial charge in [0, 0.05) is 12.6 Å². The van der Waals surface area contributed by atoms with Crippen molar-refractivity contribution < 1.29 is 9.72 Å². The lowest BCUT2D eigenvalue weighted by Gasteiger charge is -2.05. The van der Waals surface area contributed by atoms with Gasteiger partial charge in [-0.25, -0.2) is 4.98 Å². The minimum Gasteiger partial charge on any atom is -0.343 e. The minimum absolute atomic E-state index is 0.105. The second-order valence-electron chi connectivity index (χ2n) is 3.74. The van der Waals surface area contributed by atoms with Gasteiger partial charge in [0.2, 0.25) is 0 Å². The van der Waals surface area contributed by atoms with E-state index in [9.17, 15) is 14.9 Å². The molecular formula is C10H12N6O3. The van der Waals surface area contributed by atoms with E-state index in [0.717, 1.165) is 0 Å². The van der Waals surface area contributed by atoms with Gasteiger partial charge in [0.15, 0.2) is 0 Å². The van der Waals surface area contributed by atoms with Crippen LogP contribution in [0.25, 0.3) is 0 Å². The molecule has 0 unspecified atom stereocenters. The van der Waals surface area contributed by atoms with Crippen molar-refractivity contribution in [3.05, 3.63) is 40.2 Å². The molecule has 0 saturated heterocycles. The number of carbonyl (C=O) groups excluding carboxylic acids is 1. The number of aryl methyl sites for hydroxylation is 1. The van der Waals surface area contributed by atoms with Crippen LogP contribution in [0.15, 0.2) is 18.6 Å². The van der Waals surface area contributed by atoms with Gasteiger partial charge in [0.25, 0.3) is 11.6 Å². The fourth-order valence-corrected chi connectivity index (χ4v) is 1.62. The number of nitro groups is 1. The van der Waals surface area contributed by atoms with Crippen LogP contribution in [-0.4, -0.2) is 30.6 Å². The van der Waals surface area contributed by atoms with Crippen molar-refractivity contribution in [2.24, 2.45) is 0 Å². The average Bonchev–Trinajstić information content (AvgIpc) is 3.04. The number of hydrogen-bond donors (Lipinski definition) is 2. The summed E-state index contributed by atoms with van der Waals surface area (Å²) >= 11 is 0. The molecule has 9 heteroatoms. The molecule has 0 atom stereocenters. The number of hydrogen-bond acceptors (Lipinski definition) is 5. The molecule has 0 aliphatic rings. The number of rotatable bonds is 5. The maximum atomic E-state index is 11.9. The van der Waals surface area contributed by atoms with E-state index < -0.39 is 10.8 Å². The molecule has 19 heavy (non-hydrogen) atoms. The minimum atomic E-state index is -0.528. The molecule has 2 rings (SSSR count). The molecule has 9 nitrogen and oxygen atoms in total. The van der Waals surface area contributed by atoms with E-state index in [1.54, 1.807) is 6.92 Å². The van der Waals surface area contributed by atoms with Crippen LogP contribution in [0.3, 0.4) is 0 Å². The zero-order chi connectivity index (χ0) is 13.8. The standard InChI is InChI=1S/C10H12N6O3/c1-2-15-5-7(16(18)19)3-8(15)10(17)11-4-9-12-6-13-14-9/h3,5-6H,2,4H2,1H3,(H,11,17)(H,12,13,14). The van der Waals surface area contributed by atoms with Crippen molar-refractivity contribution in [2.45, 2.75) is 20.0 Å². The molecule has 0 fully saturated rings. The Kier molecular flexibility index (Phi) is 3.55. The molecule has 100 valence electrons. The molecule has 0 saturated carbocycles. The summed E-state index contributed by atoms with van der Waals surface area (Å²) in [7, 11) is 0. The molecule has 2 N–H and O–H groups in total. The summed E-state index contributed by atoms with van der Waals surface area (Å²) in [4.78, 5) is 26.0. The van der Waals surface area contributed by atoms with Crippen molar-refractivity contribution in [2.75, 3.05) is 0 Å². The summed E-state index contributed by atoms with van der Waals surface area (Å²) in [6, 6.07) is 1.25. The van der Waals surface area contributed by atoms with E-state index >= 15 is 0 Å². The molecule has 2 aromatic rings. The van der Waals surface area contributed by atoms with E-state index in [2.05, 4.69) is 20.5 Å². The number of aromatic nitrogens is 4. The monoisotopic (exact) mass is 264 g/mol. The summed E-state index contributed by atoms with van der Waals surface area (Å²) in [5.41, 5.74) is 0.139. The summed E-state index contributed by atoms with van der Waals surface area (Å²) in [5, 5.41) is 19.6. The van der Waals surface area contributed by atoms with Crippen LogP contribution in [0.2, 0.25) is 0 Å². The summed E-state index contributed by atoms with van der Waals surface area (Å²) in [6.45, 7) is 2.46. The molecule has 2 aromatic heterocycles. The van der Waals surface area contributed by atoms with E-state index in [4.69, 9.17) is 0 Å². The maximum absolute atomic E-state index is 11.9. The van der Waals surface area contributed by atoms with Gasteiger partial charge in [-0.05, 0) is 6.92 Å². The number of aromatic amines is 1. The van der Waals surface area contributed by atoms with Crippen LogP contribution in [-0.2, 0) is 13.1 Å². The number of carbonyl (C=O) groups is 1. The quantitative estimate of drug-likeness (QED) is 0.600. The highest BCUT2D eigenvalue weighted by Crippen LogP contribution is 2.16. The van der Waals surface area contributed by atoms with Crippen LogP contribution < -0.4 is 5.32 Å². The zero-order valence-corrected chi connectivity index (χ0v) is 10.2. The maximum Gasteiger partial charge on any atom is 0.287 e. The van der Waals surface area contributed by atoms with Crippen LogP contribution in [0, 0.1) is 10.1 Å². The Balaban J connectivity index is 2.11. The van der Waals surface area contributed by atoms with Crippen molar-refractivity contribution in [3.8, 4) is 0 Å². The molecule has 0 bridgehead atoms. The Bertz CT molecular complexity index is 588. The van der Waals surface area contributed by atoms with Crippen LogP contribution >= 0.6 is 0 Å². The lowest BCUT2D eigenvalue weighted by atomic mass is 10.3. The third kappa shape index (κ3) is 2.76. The Morgan fingerprint density at radius 3 is 3.00 bits per heavy atom. The second kappa shape index (κ2) is 5.29. The first kappa shape index (κ1) is 12.7. The van der Waals surface area contributed by atoms with Crippen molar-refractivity contribution in [3.63, 3.8) is 0 Å². The summed E-state index contributed by atoms with van der Waals surface area (Å²) < 4.78 is 1.52. The van der Waals surface area contributed by atoms with Gasteiger partial charge in [-0.15, -0.1) is 0 Å². The van der Waals surface area contributed by atoms with Crippen molar-refractivity contribution in [1.82, 2.24) is 25.1 Å². The smallest absolute Gasteiger partial charge is 0.287 e. The molecule has 0 aliphatic carbocycles. The number of H-pyrrole nitrogens is 1. The molecule has 0 spiro atoms. The first-order valence-electron chi connectivity index (χ1n) is 5.58. The Hall–Kier alpha value is -2.71. The van der Waals surface area contributed by atoms with Gasteiger partial charge in [-0.3, -0.25) is 20.0 Å². The van der Waals surface area contributed by atoms with E-state index in [0.29, 0.717) is 12.4 Å². The van der Waals surface area contributed by atoms with Gasteiger partial charge in [-0.1, -0.05) is 0 Å². The number of nitrogens with one attached hydrogen (secondary N) is 2. The van der Waals surface area contributed by atoms with Gasteiger partial charge in [0.1, 0.15) is 17.8 Å². The highest BCUT2D eigenvalue weighted by molar-refractivity contribution is 5.93. The second-order valence-corrected chi connectivity index (χ2v) is 3.74. The van der Waals surface area contributed by atoms with Crippen LogP contribution in [0.1, 0.15) is 23.2 Å². The SMILES string of the molecule is CCn1cc([N+](=O)[O-])cc1C(=O)NCc1ncn[nH]1. The van der Waals surface area contributed by atoms with Gasteiger partial charge >= 0.3 is 0 Å². The van der Waals surface area contributed by atoms with Gasteiger partial charge < -0.3 is 9.88 Å². The lowest BCUT2D eigenvalue weighted by molar-refractivity contribution is -0.384. The van der Waals surface area contributed by atoms with E-state index in [1.807, 2.05) is 0 Å². The highest BCUT2D eigenvalue weighted by atomic mass is 16.6. The molecule has 0 aromatic carbocycles.